The van der Waals surface area contributed by atoms with Crippen molar-refractivity contribution in [2.75, 3.05) is 0 Å². The van der Waals surface area contributed by atoms with Crippen molar-refractivity contribution in [2.45, 2.75) is 0 Å². The molecular weight excluding hydrogens is 291 g/mol. The first kappa shape index (κ1) is 13.5. The molecule has 1 amide bonds. The Morgan fingerprint density at radius 3 is 2.71 bits per heavy atom. The van der Waals surface area contributed by atoms with Gasteiger partial charge in [0, 0.05) is 5.56 Å². The Hall–Kier alpha value is -2.46. The number of carbonyl (C=O) groups excluding carboxylic acids is 1. The van der Waals surface area contributed by atoms with Crippen LogP contribution in [0, 0.1) is 5.82 Å². The van der Waals surface area contributed by atoms with Gasteiger partial charge in [-0.3, -0.25) is 4.79 Å². The topological polar surface area (TPSA) is 41.5 Å². The summed E-state index contributed by atoms with van der Waals surface area (Å²) in [5.74, 6) is -0.305. The van der Waals surface area contributed by atoms with Crippen molar-refractivity contribution in [1.29, 1.82) is 0 Å². The first-order valence-corrected chi connectivity index (χ1v) is 6.63. The van der Waals surface area contributed by atoms with Crippen LogP contribution in [0.15, 0.2) is 59.2 Å². The first-order valence-electron chi connectivity index (χ1n) is 6.26. The molecule has 1 aliphatic heterocycles. The van der Waals surface area contributed by atoms with Gasteiger partial charge in [-0.05, 0) is 35.9 Å². The second kappa shape index (κ2) is 5.50. The average Bonchev–Trinajstić information content (AvgIpc) is 2.80. The van der Waals surface area contributed by atoms with Gasteiger partial charge in [-0.25, -0.2) is 9.38 Å². The maximum atomic E-state index is 13.1. The minimum absolute atomic E-state index is 0.218. The van der Waals surface area contributed by atoms with Gasteiger partial charge >= 0.3 is 0 Å². The molecule has 21 heavy (non-hydrogen) atoms. The number of rotatable bonds is 2. The SMILES string of the molecule is O=C1NC(c2ccccc2Cl)=N/C1=C/c1cccc(F)c1. The van der Waals surface area contributed by atoms with E-state index in [0.717, 1.165) is 0 Å². The molecule has 0 aliphatic carbocycles. The molecule has 0 aromatic heterocycles. The van der Waals surface area contributed by atoms with Crippen molar-refractivity contribution in [3.05, 3.63) is 76.2 Å². The van der Waals surface area contributed by atoms with Crippen molar-refractivity contribution in [2.24, 2.45) is 4.99 Å². The molecule has 104 valence electrons. The van der Waals surface area contributed by atoms with E-state index in [1.807, 2.05) is 6.07 Å². The van der Waals surface area contributed by atoms with Crippen LogP contribution in [-0.2, 0) is 4.79 Å². The highest BCUT2D eigenvalue weighted by Crippen LogP contribution is 2.20. The lowest BCUT2D eigenvalue weighted by Crippen LogP contribution is -2.24. The fourth-order valence-electron chi connectivity index (χ4n) is 2.00. The van der Waals surface area contributed by atoms with E-state index in [1.165, 1.54) is 18.2 Å². The smallest absolute Gasteiger partial charge is 0.275 e. The lowest BCUT2D eigenvalue weighted by molar-refractivity contribution is -0.115. The quantitative estimate of drug-likeness (QED) is 0.849. The van der Waals surface area contributed by atoms with E-state index in [2.05, 4.69) is 10.3 Å². The lowest BCUT2D eigenvalue weighted by atomic mass is 10.2. The van der Waals surface area contributed by atoms with Crippen molar-refractivity contribution >= 4 is 29.4 Å². The minimum atomic E-state index is -0.363. The van der Waals surface area contributed by atoms with Gasteiger partial charge in [0.25, 0.3) is 5.91 Å². The van der Waals surface area contributed by atoms with Gasteiger partial charge < -0.3 is 5.32 Å². The number of benzene rings is 2. The van der Waals surface area contributed by atoms with Gasteiger partial charge in [-0.2, -0.15) is 0 Å². The number of nitrogens with zero attached hydrogens (tertiary/aromatic N) is 1. The summed E-state index contributed by atoms with van der Waals surface area (Å²) in [4.78, 5) is 16.2. The van der Waals surface area contributed by atoms with E-state index in [4.69, 9.17) is 11.6 Å². The summed E-state index contributed by atoms with van der Waals surface area (Å²) in [6.07, 6.45) is 1.53. The maximum Gasteiger partial charge on any atom is 0.275 e. The third-order valence-electron chi connectivity index (χ3n) is 2.98. The summed E-state index contributed by atoms with van der Waals surface area (Å²) < 4.78 is 13.1. The molecule has 5 heteroatoms. The van der Waals surface area contributed by atoms with E-state index in [-0.39, 0.29) is 17.4 Å². The number of amides is 1. The van der Waals surface area contributed by atoms with E-state index < -0.39 is 0 Å². The molecule has 0 radical (unpaired) electrons. The van der Waals surface area contributed by atoms with Gasteiger partial charge in [0.1, 0.15) is 17.3 Å². The molecule has 3 nitrogen and oxygen atoms in total. The number of nitrogens with one attached hydrogen (secondary N) is 1. The third-order valence-corrected chi connectivity index (χ3v) is 3.31. The fraction of sp³-hybridized carbons (Fsp3) is 0. The average molecular weight is 301 g/mol. The Morgan fingerprint density at radius 2 is 1.95 bits per heavy atom. The summed E-state index contributed by atoms with van der Waals surface area (Å²) >= 11 is 6.08. The summed E-state index contributed by atoms with van der Waals surface area (Å²) in [5.41, 5.74) is 1.44. The second-order valence-electron chi connectivity index (χ2n) is 4.48. The van der Waals surface area contributed by atoms with Crippen LogP contribution in [0.1, 0.15) is 11.1 Å². The standard InChI is InChI=1S/C16H10ClFN2O/c17-13-7-2-1-6-12(13)15-19-14(16(21)20-15)9-10-4-3-5-11(18)8-10/h1-9H,(H,19,20,21)/b14-9+. The van der Waals surface area contributed by atoms with Crippen molar-refractivity contribution in [1.82, 2.24) is 5.32 Å². The highest BCUT2D eigenvalue weighted by molar-refractivity contribution is 6.35. The molecule has 1 N–H and O–H groups in total. The van der Waals surface area contributed by atoms with E-state index in [1.54, 1.807) is 30.3 Å². The summed E-state index contributed by atoms with van der Waals surface area (Å²) in [6.45, 7) is 0. The zero-order valence-electron chi connectivity index (χ0n) is 10.8. The number of amidine groups is 1. The molecule has 0 atom stereocenters. The fourth-order valence-corrected chi connectivity index (χ4v) is 2.23. The van der Waals surface area contributed by atoms with Crippen LogP contribution in [0.25, 0.3) is 6.08 Å². The number of aliphatic imine (C=N–C) groups is 1. The second-order valence-corrected chi connectivity index (χ2v) is 4.89. The van der Waals surface area contributed by atoms with Crippen LogP contribution >= 0.6 is 11.6 Å². The molecule has 0 spiro atoms. The Kier molecular flexibility index (Phi) is 3.54. The van der Waals surface area contributed by atoms with Gasteiger partial charge in [-0.1, -0.05) is 35.9 Å². The molecule has 0 unspecified atom stereocenters. The highest BCUT2D eigenvalue weighted by Gasteiger charge is 2.22. The van der Waals surface area contributed by atoms with Crippen molar-refractivity contribution < 1.29 is 9.18 Å². The van der Waals surface area contributed by atoms with Crippen LogP contribution in [0.3, 0.4) is 0 Å². The van der Waals surface area contributed by atoms with Gasteiger partial charge in [0.2, 0.25) is 0 Å². The van der Waals surface area contributed by atoms with Crippen LogP contribution in [0.2, 0.25) is 5.02 Å². The number of hydrogen-bond acceptors (Lipinski definition) is 2. The molecule has 0 saturated heterocycles. The Bertz CT molecular complexity index is 783. The Morgan fingerprint density at radius 1 is 1.14 bits per heavy atom. The van der Waals surface area contributed by atoms with E-state index in [9.17, 15) is 9.18 Å². The van der Waals surface area contributed by atoms with E-state index in [0.29, 0.717) is 22.0 Å². The molecule has 3 rings (SSSR count). The molecule has 2 aromatic carbocycles. The summed E-state index contributed by atoms with van der Waals surface area (Å²) in [6, 6.07) is 13.1. The Balaban J connectivity index is 1.98. The van der Waals surface area contributed by atoms with Gasteiger partial charge in [0.05, 0.1) is 5.02 Å². The molecule has 2 aromatic rings. The monoisotopic (exact) mass is 300 g/mol. The van der Waals surface area contributed by atoms with Crippen LogP contribution in [-0.4, -0.2) is 11.7 Å². The molecule has 0 fully saturated rings. The Labute approximate surface area is 125 Å². The third kappa shape index (κ3) is 2.85. The van der Waals surface area contributed by atoms with Crippen molar-refractivity contribution in [3.63, 3.8) is 0 Å². The van der Waals surface area contributed by atoms with E-state index >= 15 is 0 Å². The first-order chi connectivity index (χ1) is 10.1. The molecule has 0 bridgehead atoms. The zero-order chi connectivity index (χ0) is 14.8. The highest BCUT2D eigenvalue weighted by atomic mass is 35.5. The maximum absolute atomic E-state index is 13.1. The number of hydrogen-bond donors (Lipinski definition) is 1. The van der Waals surface area contributed by atoms with Crippen LogP contribution in [0.4, 0.5) is 4.39 Å². The molecular formula is C16H10ClFN2O. The predicted octanol–water partition coefficient (Wildman–Crippen LogP) is 3.40. The molecule has 0 saturated carbocycles. The zero-order valence-corrected chi connectivity index (χ0v) is 11.6. The normalized spacial score (nSPS) is 16.0. The summed E-state index contributed by atoms with van der Waals surface area (Å²) in [7, 11) is 0. The summed E-state index contributed by atoms with van der Waals surface area (Å²) in [5, 5.41) is 3.16. The van der Waals surface area contributed by atoms with Gasteiger partial charge in [0.15, 0.2) is 0 Å². The van der Waals surface area contributed by atoms with Crippen molar-refractivity contribution in [3.8, 4) is 0 Å². The molecule has 1 aliphatic rings. The molecule has 1 heterocycles. The largest absolute Gasteiger partial charge is 0.305 e. The predicted molar refractivity (Wildman–Crippen MR) is 80.5 cm³/mol. The number of halogens is 2. The van der Waals surface area contributed by atoms with Gasteiger partial charge in [-0.15, -0.1) is 0 Å². The van der Waals surface area contributed by atoms with Crippen LogP contribution in [0.5, 0.6) is 0 Å². The lowest BCUT2D eigenvalue weighted by Gasteiger charge is -2.01. The van der Waals surface area contributed by atoms with Crippen LogP contribution < -0.4 is 5.32 Å². The number of carbonyl (C=O) groups is 1. The minimum Gasteiger partial charge on any atom is -0.305 e.